The number of carbonyl (C=O) groups excluding carboxylic acids is 1. The van der Waals surface area contributed by atoms with Crippen LogP contribution < -0.4 is 9.64 Å². The first kappa shape index (κ1) is 16.3. The van der Waals surface area contributed by atoms with Gasteiger partial charge in [0.1, 0.15) is 12.4 Å². The van der Waals surface area contributed by atoms with E-state index in [1.165, 1.54) is 23.3 Å². The van der Waals surface area contributed by atoms with Gasteiger partial charge in [0, 0.05) is 31.9 Å². The first-order valence-corrected chi connectivity index (χ1v) is 8.07. The molecule has 1 unspecified atom stereocenters. The first-order valence-electron chi connectivity index (χ1n) is 8.07. The number of nitrogens with zero attached hydrogens (tertiary/aromatic N) is 2. The Bertz CT molecular complexity index is 697. The van der Waals surface area contributed by atoms with Gasteiger partial charge in [0.05, 0.1) is 12.5 Å². The van der Waals surface area contributed by atoms with Crippen molar-refractivity contribution in [1.29, 1.82) is 0 Å². The first-order chi connectivity index (χ1) is 11.9. The summed E-state index contributed by atoms with van der Waals surface area (Å²) in [7, 11) is 0. The smallest absolute Gasteiger partial charge is 0.464 e. The third kappa shape index (κ3) is 3.44. The normalized spacial score (nSPS) is 24.0. The fourth-order valence-electron chi connectivity index (χ4n) is 3.64. The van der Waals surface area contributed by atoms with E-state index in [9.17, 15) is 18.0 Å². The number of carbonyl (C=O) groups is 1. The summed E-state index contributed by atoms with van der Waals surface area (Å²) < 4.78 is 45.6. The Morgan fingerprint density at radius 1 is 1.04 bits per heavy atom. The quantitative estimate of drug-likeness (QED) is 0.616. The van der Waals surface area contributed by atoms with Crippen molar-refractivity contribution in [3.05, 3.63) is 35.4 Å². The zero-order valence-corrected chi connectivity index (χ0v) is 13.4. The molecule has 1 atom stereocenters. The summed E-state index contributed by atoms with van der Waals surface area (Å²) >= 11 is 0. The molecule has 25 heavy (non-hydrogen) atoms. The zero-order chi connectivity index (χ0) is 17.6. The van der Waals surface area contributed by atoms with Gasteiger partial charge in [-0.25, -0.2) is 0 Å². The molecule has 3 aliphatic rings. The van der Waals surface area contributed by atoms with Gasteiger partial charge in [-0.2, -0.15) is 0 Å². The van der Waals surface area contributed by atoms with Crippen LogP contribution in [0, 0.1) is 0 Å². The maximum Gasteiger partial charge on any atom is 0.573 e. The molecule has 5 nitrogen and oxygen atoms in total. The van der Waals surface area contributed by atoms with Crippen molar-refractivity contribution in [2.45, 2.75) is 18.8 Å². The van der Waals surface area contributed by atoms with E-state index in [2.05, 4.69) is 14.5 Å². The number of rotatable bonds is 3. The molecule has 1 aromatic carbocycles. The molecule has 134 valence electrons. The van der Waals surface area contributed by atoms with Crippen LogP contribution in [0.5, 0.6) is 5.75 Å². The highest BCUT2D eigenvalue weighted by Gasteiger charge is 2.37. The van der Waals surface area contributed by atoms with Gasteiger partial charge in [0.2, 0.25) is 0 Å². The van der Waals surface area contributed by atoms with Gasteiger partial charge in [-0.15, -0.1) is 13.2 Å². The number of hydrogen-bond acceptors (Lipinski definition) is 5. The Morgan fingerprint density at radius 3 is 2.20 bits per heavy atom. The molecule has 0 aliphatic carbocycles. The molecule has 0 radical (unpaired) electrons. The van der Waals surface area contributed by atoms with Crippen molar-refractivity contribution < 1.29 is 27.4 Å². The van der Waals surface area contributed by atoms with Gasteiger partial charge in [-0.05, 0) is 35.4 Å². The third-order valence-corrected chi connectivity index (χ3v) is 4.84. The molecule has 0 aromatic heterocycles. The molecular formula is C17H17F3N2O3. The van der Waals surface area contributed by atoms with Crippen molar-refractivity contribution in [3.8, 4) is 5.75 Å². The van der Waals surface area contributed by atoms with Crippen LogP contribution in [0.15, 0.2) is 35.4 Å². The van der Waals surface area contributed by atoms with E-state index >= 15 is 0 Å². The van der Waals surface area contributed by atoms with Gasteiger partial charge in [-0.1, -0.05) is 0 Å². The van der Waals surface area contributed by atoms with Gasteiger partial charge >= 0.3 is 12.3 Å². The molecule has 3 heterocycles. The summed E-state index contributed by atoms with van der Waals surface area (Å²) in [6.45, 7) is 3.62. The number of ether oxygens (including phenoxy) is 2. The minimum atomic E-state index is -4.67. The highest BCUT2D eigenvalue weighted by atomic mass is 19.4. The van der Waals surface area contributed by atoms with Gasteiger partial charge in [0.15, 0.2) is 0 Å². The van der Waals surface area contributed by atoms with Crippen LogP contribution >= 0.6 is 0 Å². The predicted molar refractivity (Wildman–Crippen MR) is 83.3 cm³/mol. The summed E-state index contributed by atoms with van der Waals surface area (Å²) in [6.07, 6.45) is -4.22. The van der Waals surface area contributed by atoms with Crippen molar-refractivity contribution in [1.82, 2.24) is 4.90 Å². The predicted octanol–water partition coefficient (Wildman–Crippen LogP) is 2.33. The maximum absolute atomic E-state index is 12.2. The Labute approximate surface area is 142 Å². The van der Waals surface area contributed by atoms with Crippen molar-refractivity contribution >= 4 is 11.7 Å². The van der Waals surface area contributed by atoms with E-state index in [4.69, 9.17) is 4.74 Å². The van der Waals surface area contributed by atoms with Crippen molar-refractivity contribution in [2.24, 2.45) is 0 Å². The molecule has 1 saturated heterocycles. The standard InChI is InChI=1S/C17H17F3N2O3/c18-17(19,20)25-15-3-1-13(2-4-15)21-6-11-8-22(9-12(11)7-21)14-5-16(23)24-10-14/h1-4,14H,5-10H2. The lowest BCUT2D eigenvalue weighted by Crippen LogP contribution is -2.37. The summed E-state index contributed by atoms with van der Waals surface area (Å²) in [6, 6.07) is 6.11. The molecule has 1 fully saturated rings. The van der Waals surface area contributed by atoms with E-state index in [1.807, 2.05) is 0 Å². The topological polar surface area (TPSA) is 42.0 Å². The largest absolute Gasteiger partial charge is 0.573 e. The monoisotopic (exact) mass is 354 g/mol. The van der Waals surface area contributed by atoms with Crippen LogP contribution in [-0.2, 0) is 9.53 Å². The van der Waals surface area contributed by atoms with E-state index in [0.29, 0.717) is 13.0 Å². The molecule has 0 amide bonds. The van der Waals surface area contributed by atoms with Crippen molar-refractivity contribution in [2.75, 3.05) is 37.7 Å². The molecule has 0 N–H and O–H groups in total. The summed E-state index contributed by atoms with van der Waals surface area (Å²) in [4.78, 5) is 15.7. The van der Waals surface area contributed by atoms with E-state index in [-0.39, 0.29) is 17.8 Å². The molecule has 0 bridgehead atoms. The number of benzene rings is 1. The SMILES string of the molecule is O=C1CC(N2CC3=C(CN(c4ccc(OC(F)(F)F)cc4)C3)C2)CO1. The molecule has 0 saturated carbocycles. The number of halogens is 3. The molecule has 8 heteroatoms. The van der Waals surface area contributed by atoms with Crippen LogP contribution in [0.4, 0.5) is 18.9 Å². The van der Waals surface area contributed by atoms with Crippen LogP contribution in [0.2, 0.25) is 0 Å². The van der Waals surface area contributed by atoms with Gasteiger partial charge in [0.25, 0.3) is 0 Å². The molecular weight excluding hydrogens is 337 g/mol. The van der Waals surface area contributed by atoms with Crippen LogP contribution in [0.25, 0.3) is 0 Å². The second-order valence-corrected chi connectivity index (χ2v) is 6.55. The summed E-state index contributed by atoms with van der Waals surface area (Å²) in [5.74, 6) is -0.354. The lowest BCUT2D eigenvalue weighted by Gasteiger charge is -2.26. The third-order valence-electron chi connectivity index (χ3n) is 4.84. The highest BCUT2D eigenvalue weighted by Crippen LogP contribution is 2.33. The Balaban J connectivity index is 1.35. The maximum atomic E-state index is 12.2. The fourth-order valence-corrected chi connectivity index (χ4v) is 3.64. The zero-order valence-electron chi connectivity index (χ0n) is 13.4. The van der Waals surface area contributed by atoms with Crippen LogP contribution in [-0.4, -0.2) is 56.1 Å². The number of cyclic esters (lactones) is 1. The minimum absolute atomic E-state index is 0.139. The lowest BCUT2D eigenvalue weighted by atomic mass is 10.2. The Kier molecular flexibility index (Phi) is 3.87. The minimum Gasteiger partial charge on any atom is -0.464 e. The molecule has 3 aliphatic heterocycles. The molecule has 1 aromatic rings. The fraction of sp³-hybridized carbons (Fsp3) is 0.471. The number of esters is 1. The summed E-state index contributed by atoms with van der Waals surface area (Å²) in [5.41, 5.74) is 3.53. The number of alkyl halides is 3. The van der Waals surface area contributed by atoms with Gasteiger partial charge < -0.3 is 14.4 Å². The van der Waals surface area contributed by atoms with Crippen molar-refractivity contribution in [3.63, 3.8) is 0 Å². The van der Waals surface area contributed by atoms with E-state index < -0.39 is 6.36 Å². The Hall–Kier alpha value is -2.22. The van der Waals surface area contributed by atoms with E-state index in [1.54, 1.807) is 12.1 Å². The number of hydrogen-bond donors (Lipinski definition) is 0. The molecule has 0 spiro atoms. The lowest BCUT2D eigenvalue weighted by molar-refractivity contribution is -0.274. The van der Waals surface area contributed by atoms with Crippen LogP contribution in [0.1, 0.15) is 6.42 Å². The average molecular weight is 354 g/mol. The summed E-state index contributed by atoms with van der Waals surface area (Å²) in [5, 5.41) is 0. The highest BCUT2D eigenvalue weighted by molar-refractivity contribution is 5.72. The molecule has 4 rings (SSSR count). The second kappa shape index (κ2) is 5.94. The van der Waals surface area contributed by atoms with E-state index in [0.717, 1.165) is 31.9 Å². The Morgan fingerprint density at radius 2 is 1.68 bits per heavy atom. The average Bonchev–Trinajstić information content (AvgIpc) is 3.20. The van der Waals surface area contributed by atoms with Gasteiger partial charge in [-0.3, -0.25) is 9.69 Å². The number of anilines is 1. The second-order valence-electron chi connectivity index (χ2n) is 6.55. The van der Waals surface area contributed by atoms with Crippen LogP contribution in [0.3, 0.4) is 0 Å².